The van der Waals surface area contributed by atoms with Crippen LogP contribution >= 0.6 is 0 Å². The van der Waals surface area contributed by atoms with Gasteiger partial charge in [-0.25, -0.2) is 0 Å². The number of likely N-dealkylation sites (N-methyl/N-ethyl adjacent to an activating group) is 1. The lowest BCUT2D eigenvalue weighted by Gasteiger charge is -2.30. The standard InChI is InChI=1S/C13H28N2O/c1-11(15(3)12(2)10-16-4)6-5-9-14-13-7-8-13/h11-14H,5-10H2,1-4H3. The third kappa shape index (κ3) is 5.28. The minimum atomic E-state index is 0.511. The molecule has 1 saturated carbocycles. The van der Waals surface area contributed by atoms with E-state index < -0.39 is 0 Å². The highest BCUT2D eigenvalue weighted by Crippen LogP contribution is 2.18. The topological polar surface area (TPSA) is 24.5 Å². The van der Waals surface area contributed by atoms with E-state index in [9.17, 15) is 0 Å². The molecule has 0 saturated heterocycles. The zero-order chi connectivity index (χ0) is 12.0. The first kappa shape index (κ1) is 13.9. The number of methoxy groups -OCH3 is 1. The molecule has 0 aromatic carbocycles. The molecular formula is C13H28N2O. The van der Waals surface area contributed by atoms with Gasteiger partial charge in [0.15, 0.2) is 0 Å². The molecule has 0 aromatic rings. The fraction of sp³-hybridized carbons (Fsp3) is 1.00. The Morgan fingerprint density at radius 1 is 1.31 bits per heavy atom. The summed E-state index contributed by atoms with van der Waals surface area (Å²) in [5, 5.41) is 3.56. The number of hydrogen-bond donors (Lipinski definition) is 1. The SMILES string of the molecule is COCC(C)N(C)C(C)CCCNC1CC1. The number of nitrogens with one attached hydrogen (secondary N) is 1. The number of nitrogens with zero attached hydrogens (tertiary/aromatic N) is 1. The maximum absolute atomic E-state index is 5.19. The van der Waals surface area contributed by atoms with E-state index in [1.54, 1.807) is 7.11 Å². The minimum absolute atomic E-state index is 0.511. The molecule has 2 atom stereocenters. The van der Waals surface area contributed by atoms with Gasteiger partial charge in [-0.1, -0.05) is 0 Å². The van der Waals surface area contributed by atoms with E-state index in [1.807, 2.05) is 0 Å². The van der Waals surface area contributed by atoms with Gasteiger partial charge in [0.25, 0.3) is 0 Å². The molecule has 3 nitrogen and oxygen atoms in total. The monoisotopic (exact) mass is 228 g/mol. The molecule has 0 aliphatic heterocycles. The Morgan fingerprint density at radius 2 is 2.00 bits per heavy atom. The molecule has 1 fully saturated rings. The Labute approximate surface area is 101 Å². The second kappa shape index (κ2) is 7.25. The predicted octanol–water partition coefficient (Wildman–Crippen LogP) is 1.87. The maximum Gasteiger partial charge on any atom is 0.0615 e. The molecule has 1 rings (SSSR count). The lowest BCUT2D eigenvalue weighted by Crippen LogP contribution is -2.39. The van der Waals surface area contributed by atoms with Crippen molar-refractivity contribution in [3.8, 4) is 0 Å². The molecule has 0 bridgehead atoms. The van der Waals surface area contributed by atoms with Crippen molar-refractivity contribution in [1.82, 2.24) is 10.2 Å². The first-order chi connectivity index (χ1) is 7.65. The van der Waals surface area contributed by atoms with E-state index in [4.69, 9.17) is 4.74 Å². The van der Waals surface area contributed by atoms with Crippen LogP contribution in [0, 0.1) is 0 Å². The van der Waals surface area contributed by atoms with Crippen LogP contribution < -0.4 is 5.32 Å². The summed E-state index contributed by atoms with van der Waals surface area (Å²) in [6, 6.07) is 2.00. The van der Waals surface area contributed by atoms with Crippen LogP contribution in [0.25, 0.3) is 0 Å². The Hall–Kier alpha value is -0.120. The van der Waals surface area contributed by atoms with Crippen LogP contribution in [0.2, 0.25) is 0 Å². The van der Waals surface area contributed by atoms with Crippen LogP contribution in [0.15, 0.2) is 0 Å². The Bertz CT molecular complexity index is 183. The van der Waals surface area contributed by atoms with Crippen molar-refractivity contribution in [2.45, 2.75) is 57.7 Å². The second-order valence-electron chi connectivity index (χ2n) is 5.19. The number of rotatable bonds is 9. The highest BCUT2D eigenvalue weighted by Gasteiger charge is 2.20. The van der Waals surface area contributed by atoms with Gasteiger partial charge in [-0.3, -0.25) is 4.90 Å². The smallest absolute Gasteiger partial charge is 0.0615 e. The van der Waals surface area contributed by atoms with Gasteiger partial charge >= 0.3 is 0 Å². The van der Waals surface area contributed by atoms with Gasteiger partial charge in [0.05, 0.1) is 6.61 Å². The van der Waals surface area contributed by atoms with Gasteiger partial charge in [0.1, 0.15) is 0 Å². The zero-order valence-electron chi connectivity index (χ0n) is 11.3. The van der Waals surface area contributed by atoms with Crippen molar-refractivity contribution >= 4 is 0 Å². The molecule has 0 radical (unpaired) electrons. The predicted molar refractivity (Wildman–Crippen MR) is 68.8 cm³/mol. The molecule has 1 aliphatic rings. The van der Waals surface area contributed by atoms with E-state index in [0.29, 0.717) is 12.1 Å². The Balaban J connectivity index is 2.04. The quantitative estimate of drug-likeness (QED) is 0.610. The summed E-state index contributed by atoms with van der Waals surface area (Å²) < 4.78 is 5.19. The summed E-state index contributed by atoms with van der Waals surface area (Å²) in [4.78, 5) is 2.42. The molecule has 0 heterocycles. The van der Waals surface area contributed by atoms with Crippen molar-refractivity contribution in [1.29, 1.82) is 0 Å². The molecular weight excluding hydrogens is 200 g/mol. The summed E-state index contributed by atoms with van der Waals surface area (Å²) >= 11 is 0. The molecule has 3 heteroatoms. The Morgan fingerprint density at radius 3 is 2.56 bits per heavy atom. The summed E-state index contributed by atoms with van der Waals surface area (Å²) in [5.74, 6) is 0. The maximum atomic E-state index is 5.19. The van der Waals surface area contributed by atoms with Crippen LogP contribution in [-0.4, -0.2) is 50.3 Å². The van der Waals surface area contributed by atoms with Crippen LogP contribution in [0.4, 0.5) is 0 Å². The lowest BCUT2D eigenvalue weighted by atomic mass is 10.1. The molecule has 0 spiro atoms. The van der Waals surface area contributed by atoms with Gasteiger partial charge in [0, 0.05) is 25.2 Å². The first-order valence-electron chi connectivity index (χ1n) is 6.59. The van der Waals surface area contributed by atoms with Crippen molar-refractivity contribution in [3.63, 3.8) is 0 Å². The molecule has 0 amide bonds. The average Bonchev–Trinajstić information content (AvgIpc) is 3.07. The average molecular weight is 228 g/mol. The molecule has 96 valence electrons. The number of ether oxygens (including phenoxy) is 1. The zero-order valence-corrected chi connectivity index (χ0v) is 11.3. The van der Waals surface area contributed by atoms with E-state index in [0.717, 1.165) is 12.6 Å². The highest BCUT2D eigenvalue weighted by atomic mass is 16.5. The van der Waals surface area contributed by atoms with Gasteiger partial charge in [0.2, 0.25) is 0 Å². The summed E-state index contributed by atoms with van der Waals surface area (Å²) in [7, 11) is 3.97. The third-order valence-electron chi connectivity index (χ3n) is 3.61. The van der Waals surface area contributed by atoms with Crippen LogP contribution in [0.1, 0.15) is 39.5 Å². The van der Waals surface area contributed by atoms with E-state index >= 15 is 0 Å². The van der Waals surface area contributed by atoms with Gasteiger partial charge in [-0.2, -0.15) is 0 Å². The van der Waals surface area contributed by atoms with Gasteiger partial charge < -0.3 is 10.1 Å². The van der Waals surface area contributed by atoms with Crippen LogP contribution in [-0.2, 0) is 4.74 Å². The van der Waals surface area contributed by atoms with E-state index in [1.165, 1.54) is 32.2 Å². The molecule has 1 aliphatic carbocycles. The molecule has 0 aromatic heterocycles. The fourth-order valence-electron chi connectivity index (χ4n) is 1.99. The third-order valence-corrected chi connectivity index (χ3v) is 3.61. The van der Waals surface area contributed by atoms with Crippen molar-refractivity contribution < 1.29 is 4.74 Å². The van der Waals surface area contributed by atoms with Gasteiger partial charge in [-0.05, 0) is 53.1 Å². The van der Waals surface area contributed by atoms with Crippen LogP contribution in [0.3, 0.4) is 0 Å². The van der Waals surface area contributed by atoms with E-state index in [2.05, 4.69) is 31.1 Å². The summed E-state index contributed by atoms with van der Waals surface area (Å²) in [6.07, 6.45) is 5.33. The van der Waals surface area contributed by atoms with Crippen LogP contribution in [0.5, 0.6) is 0 Å². The summed E-state index contributed by atoms with van der Waals surface area (Å²) in [6.45, 7) is 6.54. The minimum Gasteiger partial charge on any atom is -0.383 e. The first-order valence-corrected chi connectivity index (χ1v) is 6.59. The van der Waals surface area contributed by atoms with Crippen molar-refractivity contribution in [2.24, 2.45) is 0 Å². The molecule has 16 heavy (non-hydrogen) atoms. The normalized spacial score (nSPS) is 20.1. The second-order valence-corrected chi connectivity index (χ2v) is 5.19. The van der Waals surface area contributed by atoms with Crippen molar-refractivity contribution in [3.05, 3.63) is 0 Å². The lowest BCUT2D eigenvalue weighted by molar-refractivity contribution is 0.0907. The molecule has 1 N–H and O–H groups in total. The van der Waals surface area contributed by atoms with E-state index in [-0.39, 0.29) is 0 Å². The highest BCUT2D eigenvalue weighted by molar-refractivity contribution is 4.80. The van der Waals surface area contributed by atoms with Crippen molar-refractivity contribution in [2.75, 3.05) is 27.3 Å². The summed E-state index contributed by atoms with van der Waals surface area (Å²) in [5.41, 5.74) is 0. The largest absolute Gasteiger partial charge is 0.383 e. The molecule has 2 unspecified atom stereocenters. The fourth-order valence-corrected chi connectivity index (χ4v) is 1.99. The number of hydrogen-bond acceptors (Lipinski definition) is 3. The Kier molecular flexibility index (Phi) is 6.32. The van der Waals surface area contributed by atoms with Gasteiger partial charge in [-0.15, -0.1) is 0 Å².